The molecule has 0 aromatic heterocycles. The van der Waals surface area contributed by atoms with E-state index in [1.165, 1.54) is 22.9 Å². The van der Waals surface area contributed by atoms with Gasteiger partial charge in [0.25, 0.3) is 0 Å². The summed E-state index contributed by atoms with van der Waals surface area (Å²) in [6.07, 6.45) is 2.07. The SMILES string of the molecule is CCc1ccc(CCSC(=N)N)cc1. The molecule has 0 amide bonds. The number of hydrogen-bond acceptors (Lipinski definition) is 2. The monoisotopic (exact) mass is 208 g/mol. The van der Waals surface area contributed by atoms with Crippen LogP contribution in [0.4, 0.5) is 0 Å². The summed E-state index contributed by atoms with van der Waals surface area (Å²) in [5.41, 5.74) is 7.93. The van der Waals surface area contributed by atoms with Gasteiger partial charge in [-0.2, -0.15) is 0 Å². The molecular weight excluding hydrogens is 192 g/mol. The molecule has 1 aromatic carbocycles. The van der Waals surface area contributed by atoms with Crippen LogP contribution in [0.1, 0.15) is 18.1 Å². The fourth-order valence-electron chi connectivity index (χ4n) is 1.22. The summed E-state index contributed by atoms with van der Waals surface area (Å²) in [5.74, 6) is 0.890. The second-order valence-corrected chi connectivity index (χ2v) is 4.27. The maximum Gasteiger partial charge on any atom is 0.151 e. The van der Waals surface area contributed by atoms with E-state index in [1.54, 1.807) is 0 Å². The van der Waals surface area contributed by atoms with Crippen molar-refractivity contribution in [2.24, 2.45) is 5.73 Å². The van der Waals surface area contributed by atoms with Crippen LogP contribution < -0.4 is 5.73 Å². The lowest BCUT2D eigenvalue weighted by atomic mass is 10.1. The standard InChI is InChI=1S/C11H16N2S/c1-2-9-3-5-10(6-4-9)7-8-14-11(12)13/h3-6H,2,7-8H2,1H3,(H3,12,13). The quantitative estimate of drug-likeness (QED) is 0.589. The van der Waals surface area contributed by atoms with Crippen molar-refractivity contribution in [1.29, 1.82) is 5.41 Å². The van der Waals surface area contributed by atoms with Crippen LogP contribution in [0.15, 0.2) is 24.3 Å². The number of thioether (sulfide) groups is 1. The van der Waals surface area contributed by atoms with Crippen LogP contribution in [-0.2, 0) is 12.8 Å². The minimum Gasteiger partial charge on any atom is -0.379 e. The Kier molecular flexibility index (Phi) is 4.53. The van der Waals surface area contributed by atoms with Gasteiger partial charge in [0, 0.05) is 5.75 Å². The van der Waals surface area contributed by atoms with Crippen LogP contribution in [0.25, 0.3) is 0 Å². The van der Waals surface area contributed by atoms with Crippen molar-refractivity contribution in [3.05, 3.63) is 35.4 Å². The van der Waals surface area contributed by atoms with Gasteiger partial charge in [-0.15, -0.1) is 0 Å². The second kappa shape index (κ2) is 5.70. The van der Waals surface area contributed by atoms with E-state index >= 15 is 0 Å². The molecule has 3 N–H and O–H groups in total. The number of hydrogen-bond donors (Lipinski definition) is 2. The molecule has 0 spiro atoms. The summed E-state index contributed by atoms with van der Waals surface area (Å²) in [6, 6.07) is 8.63. The molecule has 0 heterocycles. The summed E-state index contributed by atoms with van der Waals surface area (Å²) in [4.78, 5) is 0. The molecule has 1 aromatic rings. The summed E-state index contributed by atoms with van der Waals surface area (Å²) >= 11 is 1.40. The third-order valence-corrected chi connectivity index (χ3v) is 2.80. The average molecular weight is 208 g/mol. The predicted octanol–water partition coefficient (Wildman–Crippen LogP) is 2.42. The molecule has 2 nitrogen and oxygen atoms in total. The second-order valence-electron chi connectivity index (χ2n) is 3.13. The topological polar surface area (TPSA) is 49.9 Å². The maximum atomic E-state index is 7.06. The van der Waals surface area contributed by atoms with E-state index < -0.39 is 0 Å². The summed E-state index contributed by atoms with van der Waals surface area (Å²) < 4.78 is 0. The van der Waals surface area contributed by atoms with E-state index in [0.717, 1.165) is 18.6 Å². The fraction of sp³-hybridized carbons (Fsp3) is 0.364. The number of benzene rings is 1. The van der Waals surface area contributed by atoms with Gasteiger partial charge in [0.2, 0.25) is 0 Å². The van der Waals surface area contributed by atoms with Gasteiger partial charge in [-0.05, 0) is 24.0 Å². The largest absolute Gasteiger partial charge is 0.379 e. The molecule has 0 fully saturated rings. The van der Waals surface area contributed by atoms with E-state index in [-0.39, 0.29) is 5.17 Å². The Balaban J connectivity index is 2.40. The Hall–Kier alpha value is -0.960. The van der Waals surface area contributed by atoms with Gasteiger partial charge >= 0.3 is 0 Å². The van der Waals surface area contributed by atoms with Gasteiger partial charge in [0.15, 0.2) is 5.17 Å². The molecule has 0 aliphatic heterocycles. The summed E-state index contributed by atoms with van der Waals surface area (Å²) in [5, 5.41) is 7.27. The van der Waals surface area contributed by atoms with E-state index in [4.69, 9.17) is 11.1 Å². The first-order chi connectivity index (χ1) is 6.72. The lowest BCUT2D eigenvalue weighted by Crippen LogP contribution is -2.05. The molecule has 0 radical (unpaired) electrons. The zero-order chi connectivity index (χ0) is 10.4. The van der Waals surface area contributed by atoms with Crippen LogP contribution >= 0.6 is 11.8 Å². The average Bonchev–Trinajstić information content (AvgIpc) is 2.18. The van der Waals surface area contributed by atoms with Gasteiger partial charge in [0.05, 0.1) is 0 Å². The van der Waals surface area contributed by atoms with Gasteiger partial charge in [0.1, 0.15) is 0 Å². The molecule has 14 heavy (non-hydrogen) atoms. The molecule has 0 saturated heterocycles. The van der Waals surface area contributed by atoms with Crippen LogP contribution in [0.3, 0.4) is 0 Å². The number of nitrogens with two attached hydrogens (primary N) is 1. The molecular formula is C11H16N2S. The van der Waals surface area contributed by atoms with Crippen LogP contribution in [0.2, 0.25) is 0 Å². The van der Waals surface area contributed by atoms with Crippen molar-refractivity contribution in [2.45, 2.75) is 19.8 Å². The van der Waals surface area contributed by atoms with E-state index in [0.29, 0.717) is 0 Å². The van der Waals surface area contributed by atoms with Crippen molar-refractivity contribution in [2.75, 3.05) is 5.75 Å². The predicted molar refractivity (Wildman–Crippen MR) is 63.9 cm³/mol. The molecule has 76 valence electrons. The number of nitrogens with one attached hydrogen (secondary N) is 1. The maximum absolute atomic E-state index is 7.06. The Morgan fingerprint density at radius 3 is 2.36 bits per heavy atom. The molecule has 0 unspecified atom stereocenters. The smallest absolute Gasteiger partial charge is 0.151 e. The number of amidine groups is 1. The highest BCUT2D eigenvalue weighted by atomic mass is 32.2. The molecule has 0 bridgehead atoms. The van der Waals surface area contributed by atoms with Crippen molar-refractivity contribution in [3.63, 3.8) is 0 Å². The van der Waals surface area contributed by atoms with Gasteiger partial charge in [-0.3, -0.25) is 5.41 Å². The minimum atomic E-state index is 0.204. The van der Waals surface area contributed by atoms with Crippen molar-refractivity contribution >= 4 is 16.9 Å². The summed E-state index contributed by atoms with van der Waals surface area (Å²) in [6.45, 7) is 2.15. The van der Waals surface area contributed by atoms with Crippen LogP contribution in [-0.4, -0.2) is 10.9 Å². The number of rotatable bonds is 4. The summed E-state index contributed by atoms with van der Waals surface area (Å²) in [7, 11) is 0. The Morgan fingerprint density at radius 2 is 1.86 bits per heavy atom. The number of aryl methyl sites for hydroxylation is 2. The van der Waals surface area contributed by atoms with Crippen molar-refractivity contribution in [3.8, 4) is 0 Å². The fourth-order valence-corrected chi connectivity index (χ4v) is 1.78. The van der Waals surface area contributed by atoms with Gasteiger partial charge in [-0.1, -0.05) is 43.0 Å². The molecule has 1 rings (SSSR count). The molecule has 0 aliphatic rings. The molecule has 0 saturated carbocycles. The van der Waals surface area contributed by atoms with Crippen LogP contribution in [0, 0.1) is 5.41 Å². The van der Waals surface area contributed by atoms with Gasteiger partial charge in [-0.25, -0.2) is 0 Å². The highest BCUT2D eigenvalue weighted by Gasteiger charge is 1.95. The molecule has 3 heteroatoms. The molecule has 0 atom stereocenters. The first kappa shape index (κ1) is 11.1. The first-order valence-corrected chi connectivity index (χ1v) is 5.75. The first-order valence-electron chi connectivity index (χ1n) is 4.77. The minimum absolute atomic E-state index is 0.204. The Morgan fingerprint density at radius 1 is 1.29 bits per heavy atom. The van der Waals surface area contributed by atoms with E-state index in [2.05, 4.69) is 31.2 Å². The third-order valence-electron chi connectivity index (χ3n) is 2.08. The van der Waals surface area contributed by atoms with Crippen molar-refractivity contribution in [1.82, 2.24) is 0 Å². The highest BCUT2D eigenvalue weighted by molar-refractivity contribution is 8.13. The highest BCUT2D eigenvalue weighted by Crippen LogP contribution is 2.08. The lowest BCUT2D eigenvalue weighted by molar-refractivity contribution is 1.11. The Labute approximate surface area is 89.4 Å². The zero-order valence-electron chi connectivity index (χ0n) is 8.42. The van der Waals surface area contributed by atoms with Crippen molar-refractivity contribution < 1.29 is 0 Å². The van der Waals surface area contributed by atoms with E-state index in [1.807, 2.05) is 0 Å². The zero-order valence-corrected chi connectivity index (χ0v) is 9.23. The van der Waals surface area contributed by atoms with E-state index in [9.17, 15) is 0 Å². The Bertz CT molecular complexity index is 293. The lowest BCUT2D eigenvalue weighted by Gasteiger charge is -2.02. The normalized spacial score (nSPS) is 10.1. The van der Waals surface area contributed by atoms with Gasteiger partial charge < -0.3 is 5.73 Å². The third kappa shape index (κ3) is 3.83. The van der Waals surface area contributed by atoms with Crippen LogP contribution in [0.5, 0.6) is 0 Å². The molecule has 0 aliphatic carbocycles.